The van der Waals surface area contributed by atoms with Crippen molar-refractivity contribution in [3.8, 4) is 0 Å². The molecule has 3 N–H and O–H groups in total. The number of benzene rings is 1. The summed E-state index contributed by atoms with van der Waals surface area (Å²) in [6.45, 7) is 5.68. The lowest BCUT2D eigenvalue weighted by atomic mass is 10.0. The largest absolute Gasteiger partial charge is 0.396 e. The average Bonchev–Trinajstić information content (AvgIpc) is 2.44. The Bertz CT molecular complexity index is 343. The first-order chi connectivity index (χ1) is 9.63. The van der Waals surface area contributed by atoms with Crippen molar-refractivity contribution in [3.63, 3.8) is 0 Å². The lowest BCUT2D eigenvalue weighted by Crippen LogP contribution is -2.40. The molecule has 2 unspecified atom stereocenters. The summed E-state index contributed by atoms with van der Waals surface area (Å²) in [5.41, 5.74) is 1.10. The van der Waals surface area contributed by atoms with E-state index in [2.05, 4.69) is 19.2 Å². The first kappa shape index (κ1) is 17.1. The predicted molar refractivity (Wildman–Crippen MR) is 80.4 cm³/mol. The van der Waals surface area contributed by atoms with Crippen molar-refractivity contribution < 1.29 is 14.9 Å². The second-order valence-corrected chi connectivity index (χ2v) is 5.43. The summed E-state index contributed by atoms with van der Waals surface area (Å²) >= 11 is 0. The van der Waals surface area contributed by atoms with Crippen LogP contribution in [0.4, 0.5) is 0 Å². The minimum absolute atomic E-state index is 0.163. The van der Waals surface area contributed by atoms with E-state index >= 15 is 0 Å². The van der Waals surface area contributed by atoms with Gasteiger partial charge in [-0.3, -0.25) is 0 Å². The van der Waals surface area contributed by atoms with E-state index in [1.165, 1.54) is 0 Å². The van der Waals surface area contributed by atoms with Crippen LogP contribution in [0.25, 0.3) is 0 Å². The number of aliphatic hydroxyl groups is 2. The normalized spacial score (nSPS) is 14.4. The van der Waals surface area contributed by atoms with Crippen LogP contribution < -0.4 is 5.32 Å². The highest BCUT2D eigenvalue weighted by Crippen LogP contribution is 2.06. The molecule has 0 aromatic heterocycles. The third kappa shape index (κ3) is 7.01. The third-order valence-corrected chi connectivity index (χ3v) is 3.28. The SMILES string of the molecule is CC(C)C(CCO)NCC(O)COCc1ccccc1. The van der Waals surface area contributed by atoms with Crippen LogP contribution in [0.3, 0.4) is 0 Å². The third-order valence-electron chi connectivity index (χ3n) is 3.28. The highest BCUT2D eigenvalue weighted by atomic mass is 16.5. The molecule has 1 aromatic carbocycles. The van der Waals surface area contributed by atoms with Crippen LogP contribution in [-0.4, -0.2) is 42.1 Å². The molecule has 114 valence electrons. The summed E-state index contributed by atoms with van der Waals surface area (Å²) in [7, 11) is 0. The van der Waals surface area contributed by atoms with Crippen LogP contribution in [0.15, 0.2) is 30.3 Å². The van der Waals surface area contributed by atoms with Crippen molar-refractivity contribution in [3.05, 3.63) is 35.9 Å². The van der Waals surface area contributed by atoms with E-state index in [0.717, 1.165) is 5.56 Å². The zero-order valence-electron chi connectivity index (χ0n) is 12.5. The summed E-state index contributed by atoms with van der Waals surface area (Å²) in [4.78, 5) is 0. The number of nitrogens with one attached hydrogen (secondary N) is 1. The molecule has 4 heteroatoms. The topological polar surface area (TPSA) is 61.7 Å². The number of aliphatic hydroxyl groups excluding tert-OH is 2. The summed E-state index contributed by atoms with van der Waals surface area (Å²) in [5.74, 6) is 0.430. The van der Waals surface area contributed by atoms with Crippen LogP contribution in [0.2, 0.25) is 0 Å². The van der Waals surface area contributed by atoms with Crippen LogP contribution >= 0.6 is 0 Å². The quantitative estimate of drug-likeness (QED) is 0.609. The standard InChI is InChI=1S/C16H27NO3/c1-13(2)16(8-9-18)17-10-15(19)12-20-11-14-6-4-3-5-7-14/h3-7,13,15-19H,8-12H2,1-2H3. The second-order valence-electron chi connectivity index (χ2n) is 5.43. The van der Waals surface area contributed by atoms with Gasteiger partial charge in [-0.25, -0.2) is 0 Å². The molecular formula is C16H27NO3. The fourth-order valence-electron chi connectivity index (χ4n) is 2.04. The molecule has 0 saturated heterocycles. The van der Waals surface area contributed by atoms with Crippen molar-refractivity contribution in [1.82, 2.24) is 5.32 Å². The molecular weight excluding hydrogens is 254 g/mol. The van der Waals surface area contributed by atoms with Crippen LogP contribution in [0, 0.1) is 5.92 Å². The molecule has 0 spiro atoms. The molecule has 20 heavy (non-hydrogen) atoms. The number of ether oxygens (including phenoxy) is 1. The Morgan fingerprint density at radius 3 is 2.50 bits per heavy atom. The van der Waals surface area contributed by atoms with Gasteiger partial charge in [-0.1, -0.05) is 44.2 Å². The highest BCUT2D eigenvalue weighted by molar-refractivity contribution is 5.13. The van der Waals surface area contributed by atoms with Gasteiger partial charge in [0.2, 0.25) is 0 Å². The maximum Gasteiger partial charge on any atom is 0.0897 e. The lowest BCUT2D eigenvalue weighted by molar-refractivity contribution is 0.0264. The van der Waals surface area contributed by atoms with Crippen molar-refractivity contribution in [2.45, 2.75) is 39.0 Å². The molecule has 2 atom stereocenters. The lowest BCUT2D eigenvalue weighted by Gasteiger charge is -2.23. The molecule has 1 rings (SSSR count). The van der Waals surface area contributed by atoms with Crippen LogP contribution in [0.5, 0.6) is 0 Å². The van der Waals surface area contributed by atoms with E-state index in [9.17, 15) is 5.11 Å². The molecule has 0 fully saturated rings. The molecule has 0 bridgehead atoms. The van der Waals surface area contributed by atoms with Gasteiger partial charge >= 0.3 is 0 Å². The number of rotatable bonds is 10. The fourth-order valence-corrected chi connectivity index (χ4v) is 2.04. The van der Waals surface area contributed by atoms with Gasteiger partial charge in [-0.2, -0.15) is 0 Å². The van der Waals surface area contributed by atoms with E-state index in [0.29, 0.717) is 32.1 Å². The van der Waals surface area contributed by atoms with Gasteiger partial charge in [0.05, 0.1) is 19.3 Å². The van der Waals surface area contributed by atoms with E-state index in [4.69, 9.17) is 9.84 Å². The van der Waals surface area contributed by atoms with Crippen molar-refractivity contribution in [1.29, 1.82) is 0 Å². The molecule has 4 nitrogen and oxygen atoms in total. The first-order valence-corrected chi connectivity index (χ1v) is 7.27. The zero-order valence-corrected chi connectivity index (χ0v) is 12.5. The Labute approximate surface area is 121 Å². The van der Waals surface area contributed by atoms with E-state index in [1.54, 1.807) is 0 Å². The van der Waals surface area contributed by atoms with Gasteiger partial charge in [0, 0.05) is 19.2 Å². The van der Waals surface area contributed by atoms with Gasteiger partial charge in [-0.15, -0.1) is 0 Å². The average molecular weight is 281 g/mol. The number of hydrogen-bond donors (Lipinski definition) is 3. The summed E-state index contributed by atoms with van der Waals surface area (Å²) in [6.07, 6.45) is 0.175. The molecule has 0 radical (unpaired) electrons. The molecule has 0 saturated carbocycles. The van der Waals surface area contributed by atoms with Crippen molar-refractivity contribution >= 4 is 0 Å². The summed E-state index contributed by atoms with van der Waals surface area (Å²) in [5, 5.41) is 22.1. The number of hydrogen-bond acceptors (Lipinski definition) is 4. The maximum absolute atomic E-state index is 9.88. The van der Waals surface area contributed by atoms with Gasteiger partial charge in [0.25, 0.3) is 0 Å². The summed E-state index contributed by atoms with van der Waals surface area (Å²) < 4.78 is 5.49. The van der Waals surface area contributed by atoms with Gasteiger partial charge in [0.15, 0.2) is 0 Å². The molecule has 0 heterocycles. The molecule has 0 amide bonds. The van der Waals surface area contributed by atoms with Crippen LogP contribution in [-0.2, 0) is 11.3 Å². The fraction of sp³-hybridized carbons (Fsp3) is 0.625. The molecule has 0 aliphatic heterocycles. The highest BCUT2D eigenvalue weighted by Gasteiger charge is 2.14. The first-order valence-electron chi connectivity index (χ1n) is 7.27. The minimum atomic E-state index is -0.529. The Morgan fingerprint density at radius 2 is 1.90 bits per heavy atom. The Kier molecular flexibility index (Phi) is 8.46. The summed E-state index contributed by atoms with van der Waals surface area (Å²) in [6, 6.07) is 10.1. The maximum atomic E-state index is 9.88. The van der Waals surface area contributed by atoms with Crippen molar-refractivity contribution in [2.24, 2.45) is 5.92 Å². The Hall–Kier alpha value is -0.940. The molecule has 1 aromatic rings. The monoisotopic (exact) mass is 281 g/mol. The molecule has 0 aliphatic rings. The van der Waals surface area contributed by atoms with Gasteiger partial charge < -0.3 is 20.3 Å². The minimum Gasteiger partial charge on any atom is -0.396 e. The predicted octanol–water partition coefficient (Wildman–Crippen LogP) is 1.56. The smallest absolute Gasteiger partial charge is 0.0897 e. The van der Waals surface area contributed by atoms with E-state index in [1.807, 2.05) is 30.3 Å². The van der Waals surface area contributed by atoms with Gasteiger partial charge in [0.1, 0.15) is 0 Å². The Balaban J connectivity index is 2.18. The van der Waals surface area contributed by atoms with E-state index in [-0.39, 0.29) is 12.6 Å². The zero-order chi connectivity index (χ0) is 14.8. The van der Waals surface area contributed by atoms with Crippen molar-refractivity contribution in [2.75, 3.05) is 19.8 Å². The van der Waals surface area contributed by atoms with Crippen LogP contribution in [0.1, 0.15) is 25.8 Å². The van der Waals surface area contributed by atoms with E-state index < -0.39 is 6.10 Å². The van der Waals surface area contributed by atoms with Gasteiger partial charge in [-0.05, 0) is 17.9 Å². The molecule has 0 aliphatic carbocycles. The second kappa shape index (κ2) is 9.88. The Morgan fingerprint density at radius 1 is 1.20 bits per heavy atom.